The van der Waals surface area contributed by atoms with E-state index < -0.39 is 10.7 Å². The molecule has 0 aliphatic carbocycles. The normalized spacial score (nSPS) is 10.2. The number of halogens is 1. The number of benzene rings is 1. The number of hydrogen-bond acceptors (Lipinski definition) is 5. The van der Waals surface area contributed by atoms with Crippen molar-refractivity contribution in [2.75, 3.05) is 18.6 Å². The molecule has 0 bridgehead atoms. The van der Waals surface area contributed by atoms with E-state index in [4.69, 9.17) is 10.00 Å². The SMILES string of the molecule is COc1cc(N(CCC#N)C(C)C)c([N+](=O)[O-])cc1F. The highest BCUT2D eigenvalue weighted by Crippen LogP contribution is 2.35. The van der Waals surface area contributed by atoms with Gasteiger partial charge in [0.2, 0.25) is 0 Å². The van der Waals surface area contributed by atoms with Gasteiger partial charge in [0.1, 0.15) is 5.69 Å². The summed E-state index contributed by atoms with van der Waals surface area (Å²) in [6, 6.07) is 4.06. The van der Waals surface area contributed by atoms with Gasteiger partial charge < -0.3 is 9.64 Å². The highest BCUT2D eigenvalue weighted by atomic mass is 19.1. The molecule has 0 radical (unpaired) electrons. The van der Waals surface area contributed by atoms with Crippen LogP contribution in [0, 0.1) is 27.3 Å². The van der Waals surface area contributed by atoms with Crippen LogP contribution in [0.1, 0.15) is 20.3 Å². The lowest BCUT2D eigenvalue weighted by Crippen LogP contribution is -2.32. The molecule has 6 nitrogen and oxygen atoms in total. The summed E-state index contributed by atoms with van der Waals surface area (Å²) < 4.78 is 18.5. The van der Waals surface area contributed by atoms with E-state index in [-0.39, 0.29) is 29.6 Å². The lowest BCUT2D eigenvalue weighted by Gasteiger charge is -2.28. The molecule has 108 valence electrons. The van der Waals surface area contributed by atoms with Crippen molar-refractivity contribution in [1.82, 2.24) is 0 Å². The molecule has 0 spiro atoms. The molecule has 1 aromatic carbocycles. The van der Waals surface area contributed by atoms with E-state index in [1.807, 2.05) is 19.9 Å². The Morgan fingerprint density at radius 3 is 2.65 bits per heavy atom. The van der Waals surface area contributed by atoms with Gasteiger partial charge in [0.25, 0.3) is 5.69 Å². The predicted octanol–water partition coefficient (Wildman–Crippen LogP) is 2.87. The van der Waals surface area contributed by atoms with Crippen LogP contribution in [0.25, 0.3) is 0 Å². The number of nitriles is 1. The Labute approximate surface area is 116 Å². The maximum Gasteiger partial charge on any atom is 0.295 e. The van der Waals surface area contributed by atoms with Crippen molar-refractivity contribution in [2.24, 2.45) is 0 Å². The number of nitrogens with zero attached hydrogens (tertiary/aromatic N) is 3. The van der Waals surface area contributed by atoms with Gasteiger partial charge in [-0.1, -0.05) is 0 Å². The molecule has 1 rings (SSSR count). The first-order valence-corrected chi connectivity index (χ1v) is 6.07. The minimum absolute atomic E-state index is 0.0618. The topological polar surface area (TPSA) is 79.4 Å². The minimum atomic E-state index is -0.785. The highest BCUT2D eigenvalue weighted by Gasteiger charge is 2.24. The van der Waals surface area contributed by atoms with Crippen LogP contribution in [-0.2, 0) is 0 Å². The Hall–Kier alpha value is -2.36. The number of anilines is 1. The molecule has 0 atom stereocenters. The quantitative estimate of drug-likeness (QED) is 0.591. The molecule has 0 aliphatic heterocycles. The van der Waals surface area contributed by atoms with Gasteiger partial charge in [-0.15, -0.1) is 0 Å². The van der Waals surface area contributed by atoms with Gasteiger partial charge in [0.05, 0.1) is 30.6 Å². The van der Waals surface area contributed by atoms with Gasteiger partial charge in [0, 0.05) is 18.7 Å². The van der Waals surface area contributed by atoms with E-state index in [0.717, 1.165) is 6.07 Å². The molecule has 1 aromatic rings. The van der Waals surface area contributed by atoms with E-state index in [1.165, 1.54) is 13.2 Å². The van der Waals surface area contributed by atoms with Crippen LogP contribution in [0.15, 0.2) is 12.1 Å². The Bertz CT molecular complexity index is 540. The predicted molar refractivity (Wildman–Crippen MR) is 72.3 cm³/mol. The summed E-state index contributed by atoms with van der Waals surface area (Å²) in [5.41, 5.74) is -0.0894. The van der Waals surface area contributed by atoms with Crippen LogP contribution >= 0.6 is 0 Å². The van der Waals surface area contributed by atoms with Gasteiger partial charge in [0.15, 0.2) is 11.6 Å². The second kappa shape index (κ2) is 6.70. The molecule has 0 aromatic heterocycles. The lowest BCUT2D eigenvalue weighted by molar-refractivity contribution is -0.384. The molecule has 0 fully saturated rings. The summed E-state index contributed by atoms with van der Waals surface area (Å²) in [4.78, 5) is 12.1. The molecule has 0 saturated carbocycles. The summed E-state index contributed by atoms with van der Waals surface area (Å²) >= 11 is 0. The Morgan fingerprint density at radius 2 is 2.20 bits per heavy atom. The highest BCUT2D eigenvalue weighted by molar-refractivity contribution is 5.66. The van der Waals surface area contributed by atoms with Gasteiger partial charge in [-0.3, -0.25) is 10.1 Å². The second-order valence-corrected chi connectivity index (χ2v) is 4.43. The molecule has 7 heteroatoms. The summed E-state index contributed by atoms with van der Waals surface area (Å²) in [5.74, 6) is -0.847. The van der Waals surface area contributed by atoms with Crippen LogP contribution in [0.3, 0.4) is 0 Å². The monoisotopic (exact) mass is 281 g/mol. The van der Waals surface area contributed by atoms with Gasteiger partial charge in [-0.2, -0.15) is 5.26 Å². The van der Waals surface area contributed by atoms with E-state index in [2.05, 4.69) is 0 Å². The van der Waals surface area contributed by atoms with Crippen molar-refractivity contribution in [3.05, 3.63) is 28.1 Å². The average Bonchev–Trinajstić information content (AvgIpc) is 2.39. The molecular formula is C13H16FN3O3. The average molecular weight is 281 g/mol. The van der Waals surface area contributed by atoms with Crippen molar-refractivity contribution in [3.8, 4) is 11.8 Å². The number of nitro groups is 1. The van der Waals surface area contributed by atoms with Crippen LogP contribution in [0.2, 0.25) is 0 Å². The first kappa shape index (κ1) is 15.7. The standard InChI is InChI=1S/C13H16FN3O3/c1-9(2)16(6-4-5-15)11-8-13(20-3)10(14)7-12(11)17(18)19/h7-9H,4,6H2,1-3H3. The Morgan fingerprint density at radius 1 is 1.55 bits per heavy atom. The van der Waals surface area contributed by atoms with Crippen molar-refractivity contribution < 1.29 is 14.1 Å². The molecule has 0 saturated heterocycles. The fraction of sp³-hybridized carbons (Fsp3) is 0.462. The summed E-state index contributed by atoms with van der Waals surface area (Å²) in [6.07, 6.45) is 0.217. The molecular weight excluding hydrogens is 265 g/mol. The zero-order chi connectivity index (χ0) is 15.3. The largest absolute Gasteiger partial charge is 0.494 e. The second-order valence-electron chi connectivity index (χ2n) is 4.43. The fourth-order valence-corrected chi connectivity index (χ4v) is 1.89. The zero-order valence-electron chi connectivity index (χ0n) is 11.6. The number of methoxy groups -OCH3 is 1. The fourth-order valence-electron chi connectivity index (χ4n) is 1.89. The zero-order valence-corrected chi connectivity index (χ0v) is 11.6. The third kappa shape index (κ3) is 3.35. The summed E-state index contributed by atoms with van der Waals surface area (Å²) in [5, 5.41) is 19.8. The molecule has 20 heavy (non-hydrogen) atoms. The van der Waals surface area contributed by atoms with E-state index in [9.17, 15) is 14.5 Å². The molecule has 0 N–H and O–H groups in total. The van der Waals surface area contributed by atoms with Crippen molar-refractivity contribution in [1.29, 1.82) is 5.26 Å². The number of rotatable bonds is 6. The smallest absolute Gasteiger partial charge is 0.295 e. The molecule has 0 unspecified atom stereocenters. The van der Waals surface area contributed by atoms with Crippen LogP contribution < -0.4 is 9.64 Å². The minimum Gasteiger partial charge on any atom is -0.494 e. The molecule has 0 heterocycles. The van der Waals surface area contributed by atoms with Crippen LogP contribution in [0.5, 0.6) is 5.75 Å². The first-order valence-electron chi connectivity index (χ1n) is 6.07. The maximum absolute atomic E-state index is 13.6. The molecule has 0 amide bonds. The van der Waals surface area contributed by atoms with Crippen LogP contribution in [-0.4, -0.2) is 24.6 Å². The van der Waals surface area contributed by atoms with Gasteiger partial charge >= 0.3 is 0 Å². The van der Waals surface area contributed by atoms with Gasteiger partial charge in [-0.25, -0.2) is 4.39 Å². The third-order valence-electron chi connectivity index (χ3n) is 2.84. The lowest BCUT2D eigenvalue weighted by atomic mass is 10.1. The van der Waals surface area contributed by atoms with Gasteiger partial charge in [-0.05, 0) is 13.8 Å². The summed E-state index contributed by atoms with van der Waals surface area (Å²) in [6.45, 7) is 4.01. The number of ether oxygens (including phenoxy) is 1. The Balaban J connectivity index is 3.37. The summed E-state index contributed by atoms with van der Waals surface area (Å²) in [7, 11) is 1.29. The maximum atomic E-state index is 13.6. The first-order chi connectivity index (χ1) is 9.42. The number of hydrogen-bond donors (Lipinski definition) is 0. The van der Waals surface area contributed by atoms with Crippen molar-refractivity contribution >= 4 is 11.4 Å². The third-order valence-corrected chi connectivity index (χ3v) is 2.84. The Kier molecular flexibility index (Phi) is 5.26. The van der Waals surface area contributed by atoms with E-state index in [1.54, 1.807) is 4.90 Å². The number of nitro benzene ring substituents is 1. The van der Waals surface area contributed by atoms with Crippen LogP contribution in [0.4, 0.5) is 15.8 Å². The van der Waals surface area contributed by atoms with E-state index >= 15 is 0 Å². The van der Waals surface area contributed by atoms with Crippen molar-refractivity contribution in [2.45, 2.75) is 26.3 Å². The molecule has 0 aliphatic rings. The van der Waals surface area contributed by atoms with Crippen molar-refractivity contribution in [3.63, 3.8) is 0 Å². The van der Waals surface area contributed by atoms with E-state index in [0.29, 0.717) is 6.54 Å².